The zero-order valence-corrected chi connectivity index (χ0v) is 26.4. The number of ether oxygens (including phenoxy) is 2. The van der Waals surface area contributed by atoms with E-state index in [1.54, 1.807) is 41.4 Å². The Bertz CT molecular complexity index is 1630. The first kappa shape index (κ1) is 33.3. The third-order valence-electron chi connectivity index (χ3n) is 8.47. The van der Waals surface area contributed by atoms with Crippen LogP contribution < -0.4 is 20.5 Å². The highest BCUT2D eigenvalue weighted by molar-refractivity contribution is 6.30. The van der Waals surface area contributed by atoms with Crippen molar-refractivity contribution >= 4 is 17.5 Å². The third kappa shape index (κ3) is 8.41. The summed E-state index contributed by atoms with van der Waals surface area (Å²) < 4.78 is 52.0. The maximum absolute atomic E-state index is 13.0. The number of nitrogens with one attached hydrogen (secondary N) is 1. The number of nitrogens with two attached hydrogens (primary N) is 1. The summed E-state index contributed by atoms with van der Waals surface area (Å²) in [5, 5.41) is 4.33. The minimum absolute atomic E-state index is 0.140. The average Bonchev–Trinajstić information content (AvgIpc) is 3.46. The molecule has 2 atom stereocenters. The molecule has 3 N–H and O–H groups in total. The molecule has 5 rings (SSSR count). The van der Waals surface area contributed by atoms with Crippen LogP contribution in [-0.4, -0.2) is 27.4 Å². The normalized spacial score (nSPS) is 17.7. The van der Waals surface area contributed by atoms with E-state index in [0.29, 0.717) is 34.9 Å². The molecular formula is C35H38ClF3N4O3. The largest absolute Gasteiger partial charge is 0.573 e. The lowest BCUT2D eigenvalue weighted by molar-refractivity contribution is -0.274. The van der Waals surface area contributed by atoms with E-state index in [-0.39, 0.29) is 18.3 Å². The van der Waals surface area contributed by atoms with Crippen LogP contribution >= 0.6 is 11.6 Å². The zero-order chi connectivity index (χ0) is 32.7. The van der Waals surface area contributed by atoms with E-state index >= 15 is 0 Å². The number of fused-ring (bicyclic) bond motifs is 1. The molecule has 0 spiro atoms. The quantitative estimate of drug-likeness (QED) is 0.134. The Morgan fingerprint density at radius 1 is 1.11 bits per heavy atom. The summed E-state index contributed by atoms with van der Waals surface area (Å²) in [6, 6.07) is 19.1. The van der Waals surface area contributed by atoms with E-state index in [0.717, 1.165) is 55.3 Å². The maximum Gasteiger partial charge on any atom is 0.573 e. The number of hydrogen-bond acceptors (Lipinski definition) is 5. The van der Waals surface area contributed by atoms with Crippen LogP contribution in [0.1, 0.15) is 84.2 Å². The number of aryl methyl sites for hydroxylation is 1. The van der Waals surface area contributed by atoms with Gasteiger partial charge in [0.05, 0.1) is 24.1 Å². The van der Waals surface area contributed by atoms with Crippen molar-refractivity contribution in [2.45, 2.75) is 83.0 Å². The van der Waals surface area contributed by atoms with Crippen LogP contribution in [0.15, 0.2) is 79.3 Å². The summed E-state index contributed by atoms with van der Waals surface area (Å²) in [5.41, 5.74) is 8.71. The lowest BCUT2D eigenvalue weighted by Gasteiger charge is -2.43. The molecule has 7 nitrogen and oxygen atoms in total. The lowest BCUT2D eigenvalue weighted by Crippen LogP contribution is -2.45. The van der Waals surface area contributed by atoms with Crippen molar-refractivity contribution in [3.63, 3.8) is 0 Å². The maximum atomic E-state index is 13.0. The number of para-hydroxylation sites is 2. The summed E-state index contributed by atoms with van der Waals surface area (Å²) in [7, 11) is 0. The molecule has 1 aliphatic heterocycles. The molecule has 3 aromatic carbocycles. The number of hydrogen-bond donors (Lipinski definition) is 2. The van der Waals surface area contributed by atoms with Crippen molar-refractivity contribution < 1.29 is 27.4 Å². The Labute approximate surface area is 271 Å². The summed E-state index contributed by atoms with van der Waals surface area (Å²) >= 11 is 6.13. The van der Waals surface area contributed by atoms with E-state index in [1.165, 1.54) is 12.1 Å². The van der Waals surface area contributed by atoms with Gasteiger partial charge in [0.1, 0.15) is 17.1 Å². The van der Waals surface area contributed by atoms with Crippen molar-refractivity contribution in [3.05, 3.63) is 112 Å². The number of alkyl halides is 3. The molecule has 4 aromatic rings. The van der Waals surface area contributed by atoms with Crippen molar-refractivity contribution in [2.24, 2.45) is 5.73 Å². The molecule has 2 heterocycles. The Kier molecular flexibility index (Phi) is 10.6. The number of aromatic nitrogens is 2. The minimum atomic E-state index is -4.80. The van der Waals surface area contributed by atoms with Crippen LogP contribution in [0.4, 0.5) is 13.2 Å². The number of imidazole rings is 1. The standard InChI is InChI=1S/C35H38ClF3N4O3/c1-2-3-6-17-34(18-16-24-12-14-26(36)15-13-24)19-30(28-9-7-10-29(33(40)44)32(28)46-34)42-21-27-20-41-23-43(27)22-25-8-4-5-11-31(25)45-35(37,38)39/h4-5,7-15,20,23,30,42H,2-3,6,16-19,21-22H2,1H3,(H2,40,44). The third-order valence-corrected chi connectivity index (χ3v) is 8.72. The molecule has 0 aliphatic carbocycles. The molecule has 46 heavy (non-hydrogen) atoms. The summed E-state index contributed by atoms with van der Waals surface area (Å²) in [4.78, 5) is 16.8. The van der Waals surface area contributed by atoms with E-state index < -0.39 is 17.9 Å². The van der Waals surface area contributed by atoms with Crippen LogP contribution in [0, 0.1) is 0 Å². The van der Waals surface area contributed by atoms with Gasteiger partial charge in [0.15, 0.2) is 0 Å². The number of amides is 1. The van der Waals surface area contributed by atoms with Gasteiger partial charge in [-0.3, -0.25) is 4.79 Å². The minimum Gasteiger partial charge on any atom is -0.486 e. The van der Waals surface area contributed by atoms with Crippen molar-refractivity contribution in [1.82, 2.24) is 14.9 Å². The smallest absolute Gasteiger partial charge is 0.486 e. The molecule has 1 aromatic heterocycles. The van der Waals surface area contributed by atoms with Crippen molar-refractivity contribution in [3.8, 4) is 11.5 Å². The fourth-order valence-corrected chi connectivity index (χ4v) is 6.24. The van der Waals surface area contributed by atoms with Crippen LogP contribution in [-0.2, 0) is 19.5 Å². The Hall–Kier alpha value is -4.02. The number of rotatable bonds is 14. The molecular weight excluding hydrogens is 617 g/mol. The van der Waals surface area contributed by atoms with Gasteiger partial charge in [-0.25, -0.2) is 4.98 Å². The van der Waals surface area contributed by atoms with Gasteiger partial charge in [-0.05, 0) is 55.5 Å². The summed E-state index contributed by atoms with van der Waals surface area (Å²) in [6.45, 7) is 2.67. The second-order valence-electron chi connectivity index (χ2n) is 11.8. The number of unbranched alkanes of at least 4 members (excludes halogenated alkanes) is 2. The van der Waals surface area contributed by atoms with Gasteiger partial charge in [0, 0.05) is 41.4 Å². The molecule has 0 bridgehead atoms. The molecule has 0 saturated heterocycles. The topological polar surface area (TPSA) is 91.4 Å². The van der Waals surface area contributed by atoms with Gasteiger partial charge in [0.2, 0.25) is 0 Å². The molecule has 0 radical (unpaired) electrons. The van der Waals surface area contributed by atoms with Crippen LogP contribution in [0.5, 0.6) is 11.5 Å². The van der Waals surface area contributed by atoms with Gasteiger partial charge in [0.25, 0.3) is 5.91 Å². The van der Waals surface area contributed by atoms with E-state index in [9.17, 15) is 18.0 Å². The predicted molar refractivity (Wildman–Crippen MR) is 171 cm³/mol. The van der Waals surface area contributed by atoms with Gasteiger partial charge < -0.3 is 25.1 Å². The Balaban J connectivity index is 1.42. The number of carbonyl (C=O) groups excluding carboxylic acids is 1. The first-order chi connectivity index (χ1) is 22.1. The highest BCUT2D eigenvalue weighted by atomic mass is 35.5. The number of benzene rings is 3. The molecule has 1 amide bonds. The van der Waals surface area contributed by atoms with Gasteiger partial charge >= 0.3 is 6.36 Å². The van der Waals surface area contributed by atoms with Crippen LogP contribution in [0.2, 0.25) is 5.02 Å². The first-order valence-electron chi connectivity index (χ1n) is 15.5. The first-order valence-corrected chi connectivity index (χ1v) is 15.9. The predicted octanol–water partition coefficient (Wildman–Crippen LogP) is 8.15. The molecule has 0 fully saturated rings. The summed E-state index contributed by atoms with van der Waals surface area (Å²) in [6.07, 6.45) is 4.47. The van der Waals surface area contributed by atoms with Crippen molar-refractivity contribution in [1.29, 1.82) is 0 Å². The molecule has 2 unspecified atom stereocenters. The highest BCUT2D eigenvalue weighted by Crippen LogP contribution is 2.46. The second kappa shape index (κ2) is 14.6. The van der Waals surface area contributed by atoms with Crippen molar-refractivity contribution in [2.75, 3.05) is 0 Å². The average molecular weight is 655 g/mol. The number of nitrogens with zero attached hydrogens (tertiary/aromatic N) is 2. The van der Waals surface area contributed by atoms with Gasteiger partial charge in [-0.1, -0.05) is 73.8 Å². The fourth-order valence-electron chi connectivity index (χ4n) is 6.12. The summed E-state index contributed by atoms with van der Waals surface area (Å²) in [5.74, 6) is -0.314. The van der Waals surface area contributed by atoms with Gasteiger partial charge in [-0.2, -0.15) is 0 Å². The molecule has 1 aliphatic rings. The number of halogens is 4. The van der Waals surface area contributed by atoms with E-state index in [1.807, 2.05) is 30.3 Å². The Morgan fingerprint density at radius 3 is 2.63 bits per heavy atom. The molecule has 0 saturated carbocycles. The Morgan fingerprint density at radius 2 is 1.89 bits per heavy atom. The van der Waals surface area contributed by atoms with E-state index in [2.05, 4.69) is 22.0 Å². The number of primary amides is 1. The van der Waals surface area contributed by atoms with Crippen LogP contribution in [0.3, 0.4) is 0 Å². The van der Waals surface area contributed by atoms with Gasteiger partial charge in [-0.15, -0.1) is 13.2 Å². The van der Waals surface area contributed by atoms with E-state index in [4.69, 9.17) is 22.1 Å². The highest BCUT2D eigenvalue weighted by Gasteiger charge is 2.42. The second-order valence-corrected chi connectivity index (χ2v) is 12.2. The molecule has 244 valence electrons. The number of carbonyl (C=O) groups is 1. The molecule has 11 heteroatoms. The fraction of sp³-hybridized carbons (Fsp3) is 0.371. The lowest BCUT2D eigenvalue weighted by atomic mass is 9.79. The zero-order valence-electron chi connectivity index (χ0n) is 25.7. The monoisotopic (exact) mass is 654 g/mol. The van der Waals surface area contributed by atoms with Crippen LogP contribution in [0.25, 0.3) is 0 Å². The SMILES string of the molecule is CCCCCC1(CCc2ccc(Cl)cc2)CC(NCc2cncn2Cc2ccccc2OC(F)(F)F)c2cccc(C(N)=O)c2O1.